The lowest BCUT2D eigenvalue weighted by Crippen LogP contribution is -2.29. The minimum absolute atomic E-state index is 0.109. The quantitative estimate of drug-likeness (QED) is 0.558. The van der Waals surface area contributed by atoms with E-state index in [9.17, 15) is 4.79 Å². The van der Waals surface area contributed by atoms with Crippen LogP contribution in [0.25, 0.3) is 0 Å². The second-order valence-corrected chi connectivity index (χ2v) is 4.85. The van der Waals surface area contributed by atoms with Gasteiger partial charge in [-0.25, -0.2) is 0 Å². The van der Waals surface area contributed by atoms with E-state index in [1.165, 1.54) is 6.92 Å². The first-order valence-corrected chi connectivity index (χ1v) is 6.22. The van der Waals surface area contributed by atoms with E-state index in [1.54, 1.807) is 0 Å². The van der Waals surface area contributed by atoms with E-state index in [0.29, 0.717) is 25.0 Å². The van der Waals surface area contributed by atoms with Gasteiger partial charge in [0.2, 0.25) is 0 Å². The van der Waals surface area contributed by atoms with E-state index in [-0.39, 0.29) is 18.4 Å². The van der Waals surface area contributed by atoms with Gasteiger partial charge in [-0.3, -0.25) is 4.79 Å². The van der Waals surface area contributed by atoms with Crippen molar-refractivity contribution in [3.63, 3.8) is 0 Å². The normalized spacial score (nSPS) is 37.1. The molecule has 1 aliphatic carbocycles. The summed E-state index contributed by atoms with van der Waals surface area (Å²) in [6, 6.07) is 0. The predicted molar refractivity (Wildman–Crippen MR) is 62.3 cm³/mol. The maximum Gasteiger partial charge on any atom is 0.302 e. The van der Waals surface area contributed by atoms with E-state index in [4.69, 9.17) is 14.2 Å². The lowest BCUT2D eigenvalue weighted by Gasteiger charge is -2.29. The highest BCUT2D eigenvalue weighted by molar-refractivity contribution is 5.65. The third-order valence-electron chi connectivity index (χ3n) is 3.41. The van der Waals surface area contributed by atoms with Gasteiger partial charge in [0.15, 0.2) is 6.29 Å². The number of ether oxygens (including phenoxy) is 3. The Kier molecular flexibility index (Phi) is 4.18. The van der Waals surface area contributed by atoms with Crippen molar-refractivity contribution >= 4 is 5.97 Å². The van der Waals surface area contributed by atoms with Gasteiger partial charge in [-0.1, -0.05) is 19.1 Å². The summed E-state index contributed by atoms with van der Waals surface area (Å²) in [6.45, 7) is 4.44. The molecule has 4 heteroatoms. The molecule has 2 aliphatic rings. The molecule has 2 rings (SSSR count). The lowest BCUT2D eigenvalue weighted by molar-refractivity contribution is -0.148. The summed E-state index contributed by atoms with van der Waals surface area (Å²) in [4.78, 5) is 10.7. The molecule has 0 amide bonds. The molecule has 0 radical (unpaired) electrons. The van der Waals surface area contributed by atoms with Crippen LogP contribution >= 0.6 is 0 Å². The minimum Gasteiger partial charge on any atom is -0.463 e. The third-order valence-corrected chi connectivity index (χ3v) is 3.41. The maximum atomic E-state index is 10.7. The number of esters is 1. The summed E-state index contributed by atoms with van der Waals surface area (Å²) < 4.78 is 16.4. The smallest absolute Gasteiger partial charge is 0.302 e. The SMILES string of the molecule is CC(=O)OC[C@H]1CO[C@@H]([C@H]2CC=CC[C@@H]2C)O1. The Bertz CT molecular complexity index is 300. The van der Waals surface area contributed by atoms with Crippen molar-refractivity contribution in [2.45, 2.75) is 39.1 Å². The van der Waals surface area contributed by atoms with Crippen molar-refractivity contribution in [2.75, 3.05) is 13.2 Å². The fourth-order valence-electron chi connectivity index (χ4n) is 2.34. The van der Waals surface area contributed by atoms with E-state index in [2.05, 4.69) is 19.1 Å². The summed E-state index contributed by atoms with van der Waals surface area (Å²) in [5, 5.41) is 0. The van der Waals surface area contributed by atoms with Crippen LogP contribution in [0, 0.1) is 11.8 Å². The number of hydrogen-bond donors (Lipinski definition) is 0. The maximum absolute atomic E-state index is 10.7. The standard InChI is InChI=1S/C13H20O4/c1-9-5-3-4-6-12(9)13-16-8-11(17-13)7-15-10(2)14/h3-4,9,11-13H,5-8H2,1-2H3/t9-,11-,12-,13+/m0/s1. The highest BCUT2D eigenvalue weighted by Gasteiger charge is 2.35. The Morgan fingerprint density at radius 2 is 2.18 bits per heavy atom. The summed E-state index contributed by atoms with van der Waals surface area (Å²) in [5.74, 6) is 0.728. The molecule has 0 spiro atoms. The summed E-state index contributed by atoms with van der Waals surface area (Å²) in [7, 11) is 0. The molecule has 0 aromatic carbocycles. The van der Waals surface area contributed by atoms with Crippen molar-refractivity contribution in [1.29, 1.82) is 0 Å². The van der Waals surface area contributed by atoms with Gasteiger partial charge in [0.25, 0.3) is 0 Å². The van der Waals surface area contributed by atoms with Gasteiger partial charge in [0.1, 0.15) is 12.7 Å². The Morgan fingerprint density at radius 3 is 2.88 bits per heavy atom. The van der Waals surface area contributed by atoms with E-state index in [0.717, 1.165) is 12.8 Å². The van der Waals surface area contributed by atoms with Gasteiger partial charge in [-0.05, 0) is 18.8 Å². The summed E-state index contributed by atoms with van der Waals surface area (Å²) >= 11 is 0. The van der Waals surface area contributed by atoms with Crippen LogP contribution in [0.1, 0.15) is 26.7 Å². The van der Waals surface area contributed by atoms with Crippen molar-refractivity contribution in [3.8, 4) is 0 Å². The number of hydrogen-bond acceptors (Lipinski definition) is 4. The molecule has 96 valence electrons. The average molecular weight is 240 g/mol. The van der Waals surface area contributed by atoms with Crippen LogP contribution in [0.2, 0.25) is 0 Å². The first kappa shape index (κ1) is 12.6. The minimum atomic E-state index is -0.272. The van der Waals surface area contributed by atoms with Crippen molar-refractivity contribution in [2.24, 2.45) is 11.8 Å². The van der Waals surface area contributed by atoms with Crippen molar-refractivity contribution in [1.82, 2.24) is 0 Å². The van der Waals surface area contributed by atoms with Crippen LogP contribution in [0.4, 0.5) is 0 Å². The summed E-state index contributed by atoms with van der Waals surface area (Å²) in [6.07, 6.45) is 6.25. The second kappa shape index (κ2) is 5.65. The second-order valence-electron chi connectivity index (χ2n) is 4.85. The molecule has 17 heavy (non-hydrogen) atoms. The molecule has 0 N–H and O–H groups in total. The molecule has 0 aromatic rings. The molecule has 0 bridgehead atoms. The summed E-state index contributed by atoms with van der Waals surface area (Å²) in [5.41, 5.74) is 0. The number of allylic oxidation sites excluding steroid dienone is 2. The molecule has 1 aliphatic heterocycles. The zero-order chi connectivity index (χ0) is 12.3. The molecule has 0 unspecified atom stereocenters. The third kappa shape index (κ3) is 3.30. The van der Waals surface area contributed by atoms with Crippen molar-refractivity contribution < 1.29 is 19.0 Å². The first-order valence-electron chi connectivity index (χ1n) is 6.22. The van der Waals surface area contributed by atoms with Crippen LogP contribution in [0.3, 0.4) is 0 Å². The Morgan fingerprint density at radius 1 is 1.41 bits per heavy atom. The molecule has 1 saturated heterocycles. The Hall–Kier alpha value is -0.870. The van der Waals surface area contributed by atoms with Crippen molar-refractivity contribution in [3.05, 3.63) is 12.2 Å². The molecule has 1 heterocycles. The van der Waals surface area contributed by atoms with Gasteiger partial charge in [-0.2, -0.15) is 0 Å². The Balaban J connectivity index is 1.80. The van der Waals surface area contributed by atoms with Gasteiger partial charge in [0.05, 0.1) is 6.61 Å². The molecular formula is C13H20O4. The fourth-order valence-corrected chi connectivity index (χ4v) is 2.34. The average Bonchev–Trinajstić information content (AvgIpc) is 2.75. The molecule has 4 atom stereocenters. The van der Waals surface area contributed by atoms with Gasteiger partial charge in [0, 0.05) is 12.8 Å². The molecule has 0 aromatic heterocycles. The van der Waals surface area contributed by atoms with Gasteiger partial charge < -0.3 is 14.2 Å². The van der Waals surface area contributed by atoms with Gasteiger partial charge in [-0.15, -0.1) is 0 Å². The zero-order valence-corrected chi connectivity index (χ0v) is 10.4. The van der Waals surface area contributed by atoms with Crippen LogP contribution in [0.5, 0.6) is 0 Å². The molecule has 4 nitrogen and oxygen atoms in total. The molecule has 0 saturated carbocycles. The highest BCUT2D eigenvalue weighted by Crippen LogP contribution is 2.32. The number of carbonyl (C=O) groups excluding carboxylic acids is 1. The topological polar surface area (TPSA) is 44.8 Å². The number of rotatable bonds is 3. The largest absolute Gasteiger partial charge is 0.463 e. The van der Waals surface area contributed by atoms with Gasteiger partial charge >= 0.3 is 5.97 Å². The van der Waals surface area contributed by atoms with Crippen LogP contribution in [0.15, 0.2) is 12.2 Å². The van der Waals surface area contributed by atoms with Crippen LogP contribution in [-0.2, 0) is 19.0 Å². The Labute approximate surface area is 102 Å². The van der Waals surface area contributed by atoms with E-state index in [1.807, 2.05) is 0 Å². The zero-order valence-electron chi connectivity index (χ0n) is 10.4. The van der Waals surface area contributed by atoms with E-state index >= 15 is 0 Å². The molecular weight excluding hydrogens is 220 g/mol. The first-order chi connectivity index (χ1) is 8.16. The fraction of sp³-hybridized carbons (Fsp3) is 0.769. The van der Waals surface area contributed by atoms with E-state index < -0.39 is 0 Å². The van der Waals surface area contributed by atoms with Crippen LogP contribution in [-0.4, -0.2) is 31.6 Å². The highest BCUT2D eigenvalue weighted by atomic mass is 16.7. The number of carbonyl (C=O) groups is 1. The predicted octanol–water partition coefficient (Wildman–Crippen LogP) is 1.89. The lowest BCUT2D eigenvalue weighted by atomic mass is 9.84. The monoisotopic (exact) mass is 240 g/mol. The molecule has 1 fully saturated rings. The van der Waals surface area contributed by atoms with Crippen LogP contribution < -0.4 is 0 Å².